The van der Waals surface area contributed by atoms with Gasteiger partial charge in [-0.3, -0.25) is 14.4 Å². The van der Waals surface area contributed by atoms with Crippen LogP contribution in [-0.2, 0) is 9.59 Å². The standard InChI is InChI=1S/C20H19F2N3O3S/c1-24(2)20(28)29-16-5-3-14(4-6-16)23-18(26)17-7-8-25(19(17)27)15-10-12(21)9-13(22)11-15/h3-6,9-11,17H,7-8H2,1-2H3,(H,23,26). The molecule has 1 saturated heterocycles. The van der Waals surface area contributed by atoms with E-state index >= 15 is 0 Å². The Hall–Kier alpha value is -2.94. The van der Waals surface area contributed by atoms with E-state index in [9.17, 15) is 23.2 Å². The summed E-state index contributed by atoms with van der Waals surface area (Å²) in [5.41, 5.74) is 0.578. The van der Waals surface area contributed by atoms with Gasteiger partial charge in [0.25, 0.3) is 5.24 Å². The van der Waals surface area contributed by atoms with Crippen molar-refractivity contribution in [2.45, 2.75) is 11.3 Å². The molecule has 2 aromatic rings. The average Bonchev–Trinajstić information content (AvgIpc) is 3.04. The number of anilines is 2. The number of nitrogens with zero attached hydrogens (tertiary/aromatic N) is 2. The number of halogens is 2. The highest BCUT2D eigenvalue weighted by Gasteiger charge is 2.38. The molecular formula is C20H19F2N3O3S. The van der Waals surface area contributed by atoms with E-state index in [4.69, 9.17) is 0 Å². The molecule has 3 rings (SSSR count). The molecule has 3 amide bonds. The fraction of sp³-hybridized carbons (Fsp3) is 0.250. The molecule has 2 aromatic carbocycles. The molecule has 0 saturated carbocycles. The van der Waals surface area contributed by atoms with Gasteiger partial charge in [-0.1, -0.05) is 0 Å². The Labute approximate surface area is 170 Å². The number of carbonyl (C=O) groups excluding carboxylic acids is 3. The third-order valence-corrected chi connectivity index (χ3v) is 5.42. The minimum absolute atomic E-state index is 0.0923. The lowest BCUT2D eigenvalue weighted by Gasteiger charge is -2.17. The summed E-state index contributed by atoms with van der Waals surface area (Å²) in [7, 11) is 3.31. The van der Waals surface area contributed by atoms with Gasteiger partial charge in [-0.2, -0.15) is 0 Å². The Kier molecular flexibility index (Phi) is 6.17. The van der Waals surface area contributed by atoms with Gasteiger partial charge >= 0.3 is 0 Å². The van der Waals surface area contributed by atoms with Crippen LogP contribution in [0.4, 0.5) is 25.0 Å². The fourth-order valence-corrected chi connectivity index (χ4v) is 3.56. The first-order valence-electron chi connectivity index (χ1n) is 8.82. The van der Waals surface area contributed by atoms with E-state index < -0.39 is 29.4 Å². The summed E-state index contributed by atoms with van der Waals surface area (Å²) in [6.45, 7) is 0.196. The SMILES string of the molecule is CN(C)C(=O)Sc1ccc(NC(=O)C2CCN(c3cc(F)cc(F)c3)C2=O)cc1. The topological polar surface area (TPSA) is 69.7 Å². The zero-order chi connectivity index (χ0) is 21.1. The van der Waals surface area contributed by atoms with Crippen molar-refractivity contribution in [1.29, 1.82) is 0 Å². The highest BCUT2D eigenvalue weighted by molar-refractivity contribution is 8.13. The smallest absolute Gasteiger partial charge is 0.285 e. The predicted molar refractivity (Wildman–Crippen MR) is 107 cm³/mol. The van der Waals surface area contributed by atoms with Gasteiger partial charge in [-0.15, -0.1) is 0 Å². The van der Waals surface area contributed by atoms with Crippen LogP contribution < -0.4 is 10.2 Å². The van der Waals surface area contributed by atoms with Crippen LogP contribution in [0.15, 0.2) is 47.4 Å². The van der Waals surface area contributed by atoms with Gasteiger partial charge < -0.3 is 15.1 Å². The normalized spacial score (nSPS) is 16.1. The van der Waals surface area contributed by atoms with Gasteiger partial charge in [0.05, 0.1) is 0 Å². The van der Waals surface area contributed by atoms with Gasteiger partial charge in [-0.05, 0) is 54.6 Å². The number of carbonyl (C=O) groups is 3. The molecule has 0 aliphatic carbocycles. The molecule has 1 atom stereocenters. The zero-order valence-corrected chi connectivity index (χ0v) is 16.6. The third kappa shape index (κ3) is 4.92. The van der Waals surface area contributed by atoms with Crippen LogP contribution in [0.5, 0.6) is 0 Å². The molecule has 29 heavy (non-hydrogen) atoms. The maximum Gasteiger partial charge on any atom is 0.285 e. The second kappa shape index (κ2) is 8.60. The lowest BCUT2D eigenvalue weighted by Crippen LogP contribution is -2.33. The summed E-state index contributed by atoms with van der Waals surface area (Å²) in [6, 6.07) is 9.52. The number of amides is 3. The van der Waals surface area contributed by atoms with Gasteiger partial charge in [-0.25, -0.2) is 8.78 Å². The first-order valence-corrected chi connectivity index (χ1v) is 9.64. The number of benzene rings is 2. The summed E-state index contributed by atoms with van der Waals surface area (Å²) in [6.07, 6.45) is 0.244. The van der Waals surface area contributed by atoms with E-state index in [1.54, 1.807) is 38.4 Å². The third-order valence-electron chi connectivity index (χ3n) is 4.37. The van der Waals surface area contributed by atoms with Crippen molar-refractivity contribution in [3.8, 4) is 0 Å². The van der Waals surface area contributed by atoms with Crippen molar-refractivity contribution in [2.24, 2.45) is 5.92 Å². The molecule has 1 heterocycles. The quantitative estimate of drug-likeness (QED) is 0.606. The van der Waals surface area contributed by atoms with Crippen LogP contribution in [0.2, 0.25) is 0 Å². The second-order valence-electron chi connectivity index (χ2n) is 6.73. The van der Waals surface area contributed by atoms with Crippen molar-refractivity contribution in [2.75, 3.05) is 30.9 Å². The molecule has 1 fully saturated rings. The molecule has 0 bridgehead atoms. The zero-order valence-electron chi connectivity index (χ0n) is 15.8. The number of rotatable bonds is 4. The van der Waals surface area contributed by atoms with E-state index in [-0.39, 0.29) is 23.9 Å². The largest absolute Gasteiger partial charge is 0.339 e. The van der Waals surface area contributed by atoms with Crippen LogP contribution in [0, 0.1) is 17.6 Å². The first-order chi connectivity index (χ1) is 13.7. The fourth-order valence-electron chi connectivity index (χ4n) is 2.90. The van der Waals surface area contributed by atoms with Crippen molar-refractivity contribution >= 4 is 40.2 Å². The van der Waals surface area contributed by atoms with Crippen molar-refractivity contribution in [3.63, 3.8) is 0 Å². The van der Waals surface area contributed by atoms with E-state index in [0.29, 0.717) is 5.69 Å². The predicted octanol–water partition coefficient (Wildman–Crippen LogP) is 3.73. The van der Waals surface area contributed by atoms with Crippen LogP contribution >= 0.6 is 11.8 Å². The Bertz CT molecular complexity index is 930. The van der Waals surface area contributed by atoms with Gasteiger partial charge in [0, 0.05) is 43.0 Å². The molecule has 0 radical (unpaired) electrons. The monoisotopic (exact) mass is 419 g/mol. The Morgan fingerprint density at radius 3 is 2.31 bits per heavy atom. The summed E-state index contributed by atoms with van der Waals surface area (Å²) >= 11 is 1.06. The summed E-state index contributed by atoms with van der Waals surface area (Å²) in [5.74, 6) is -3.50. The minimum atomic E-state index is -0.939. The molecule has 0 aromatic heterocycles. The molecule has 152 valence electrons. The average molecular weight is 419 g/mol. The Balaban J connectivity index is 1.64. The van der Waals surface area contributed by atoms with E-state index in [0.717, 1.165) is 34.9 Å². The van der Waals surface area contributed by atoms with Gasteiger partial charge in [0.2, 0.25) is 11.8 Å². The number of thioether (sulfide) groups is 1. The van der Waals surface area contributed by atoms with E-state index in [1.807, 2.05) is 0 Å². The molecule has 1 aliphatic heterocycles. The van der Waals surface area contributed by atoms with Gasteiger partial charge in [0.1, 0.15) is 17.6 Å². The molecule has 9 heteroatoms. The molecule has 1 aliphatic rings. The summed E-state index contributed by atoms with van der Waals surface area (Å²) < 4.78 is 26.8. The maximum absolute atomic E-state index is 13.4. The maximum atomic E-state index is 13.4. The molecule has 1 unspecified atom stereocenters. The lowest BCUT2D eigenvalue weighted by atomic mass is 10.1. The second-order valence-corrected chi connectivity index (χ2v) is 7.76. The lowest BCUT2D eigenvalue weighted by molar-refractivity contribution is -0.129. The van der Waals surface area contributed by atoms with Crippen LogP contribution in [0.1, 0.15) is 6.42 Å². The van der Waals surface area contributed by atoms with Crippen LogP contribution in [0.25, 0.3) is 0 Å². The van der Waals surface area contributed by atoms with Crippen molar-refractivity contribution in [3.05, 3.63) is 54.1 Å². The Morgan fingerprint density at radius 2 is 1.72 bits per heavy atom. The molecule has 6 nitrogen and oxygen atoms in total. The van der Waals surface area contributed by atoms with Crippen LogP contribution in [-0.4, -0.2) is 42.6 Å². The van der Waals surface area contributed by atoms with Crippen LogP contribution in [0.3, 0.4) is 0 Å². The number of nitrogens with one attached hydrogen (secondary N) is 1. The molecule has 1 N–H and O–H groups in total. The molecule has 0 spiro atoms. The Morgan fingerprint density at radius 1 is 1.10 bits per heavy atom. The van der Waals surface area contributed by atoms with Gasteiger partial charge in [0.15, 0.2) is 0 Å². The highest BCUT2D eigenvalue weighted by atomic mass is 32.2. The number of hydrogen-bond acceptors (Lipinski definition) is 4. The highest BCUT2D eigenvalue weighted by Crippen LogP contribution is 2.28. The van der Waals surface area contributed by atoms with Crippen molar-refractivity contribution in [1.82, 2.24) is 4.90 Å². The summed E-state index contributed by atoms with van der Waals surface area (Å²) in [4.78, 5) is 40.2. The molecular weight excluding hydrogens is 400 g/mol. The van der Waals surface area contributed by atoms with Crippen molar-refractivity contribution < 1.29 is 23.2 Å². The van der Waals surface area contributed by atoms with E-state index in [1.165, 1.54) is 9.80 Å². The summed E-state index contributed by atoms with van der Waals surface area (Å²) in [5, 5.41) is 2.55. The van der Waals surface area contributed by atoms with E-state index in [2.05, 4.69) is 5.32 Å². The first kappa shape index (κ1) is 20.8. The number of hydrogen-bond donors (Lipinski definition) is 1. The minimum Gasteiger partial charge on any atom is -0.339 e.